The molecule has 0 saturated heterocycles. The van der Waals surface area contributed by atoms with Crippen molar-refractivity contribution in [1.82, 2.24) is 15.2 Å². The van der Waals surface area contributed by atoms with Gasteiger partial charge in [0, 0.05) is 12.1 Å². The number of aromatic nitrogens is 1. The number of nitrogens with zero attached hydrogens (tertiary/aromatic N) is 2. The van der Waals surface area contributed by atoms with Crippen LogP contribution in [0.2, 0.25) is 5.02 Å². The van der Waals surface area contributed by atoms with Crippen LogP contribution in [0.4, 0.5) is 0 Å². The topological polar surface area (TPSA) is 45.2 Å². The molecule has 0 saturated carbocycles. The molecule has 0 aliphatic carbocycles. The van der Waals surface area contributed by atoms with Crippen molar-refractivity contribution in [2.45, 2.75) is 13.3 Å². The summed E-state index contributed by atoms with van der Waals surface area (Å²) in [5.74, 6) is -0.0629. The molecule has 22 heavy (non-hydrogen) atoms. The Morgan fingerprint density at radius 3 is 2.77 bits per heavy atom. The summed E-state index contributed by atoms with van der Waals surface area (Å²) in [7, 11) is 4.04. The van der Waals surface area contributed by atoms with E-state index in [2.05, 4.69) is 15.2 Å². The summed E-state index contributed by atoms with van der Waals surface area (Å²) in [5, 5.41) is 4.37. The molecule has 4 nitrogen and oxygen atoms in total. The first-order valence-corrected chi connectivity index (χ1v) is 8.33. The highest BCUT2D eigenvalue weighted by molar-refractivity contribution is 7.17. The Labute approximate surface area is 140 Å². The number of aryl methyl sites for hydroxylation is 1. The van der Waals surface area contributed by atoms with E-state index < -0.39 is 0 Å². The molecule has 1 aromatic heterocycles. The third-order valence-electron chi connectivity index (χ3n) is 3.17. The van der Waals surface area contributed by atoms with Crippen molar-refractivity contribution < 1.29 is 4.79 Å². The van der Waals surface area contributed by atoms with Gasteiger partial charge in [0.15, 0.2) is 0 Å². The SMILES string of the molecule is Cc1nc(-c2ccccc2Cl)sc1C(=O)NCCCN(C)C. The van der Waals surface area contributed by atoms with Crippen LogP contribution in [0, 0.1) is 6.92 Å². The van der Waals surface area contributed by atoms with Gasteiger partial charge in [0.2, 0.25) is 0 Å². The van der Waals surface area contributed by atoms with Gasteiger partial charge in [-0.1, -0.05) is 29.8 Å². The largest absolute Gasteiger partial charge is 0.351 e. The molecule has 0 fully saturated rings. The Morgan fingerprint density at radius 2 is 2.09 bits per heavy atom. The summed E-state index contributed by atoms with van der Waals surface area (Å²) < 4.78 is 0. The van der Waals surface area contributed by atoms with Gasteiger partial charge < -0.3 is 10.2 Å². The van der Waals surface area contributed by atoms with Gasteiger partial charge in [0.1, 0.15) is 9.88 Å². The van der Waals surface area contributed by atoms with E-state index in [0.717, 1.165) is 29.2 Å². The molecule has 0 spiro atoms. The molecule has 1 N–H and O–H groups in total. The van der Waals surface area contributed by atoms with E-state index in [1.165, 1.54) is 11.3 Å². The van der Waals surface area contributed by atoms with Gasteiger partial charge in [0.25, 0.3) is 5.91 Å². The molecule has 2 rings (SSSR count). The van der Waals surface area contributed by atoms with E-state index in [-0.39, 0.29) is 5.91 Å². The van der Waals surface area contributed by atoms with Crippen LogP contribution in [0.25, 0.3) is 10.6 Å². The molecule has 0 bridgehead atoms. The van der Waals surface area contributed by atoms with Crippen LogP contribution in [-0.4, -0.2) is 43.0 Å². The van der Waals surface area contributed by atoms with E-state index in [1.807, 2.05) is 45.3 Å². The third kappa shape index (κ3) is 4.29. The molecular weight excluding hydrogens is 318 g/mol. The summed E-state index contributed by atoms with van der Waals surface area (Å²) in [6.07, 6.45) is 0.925. The minimum atomic E-state index is -0.0629. The molecule has 6 heteroatoms. The van der Waals surface area contributed by atoms with Crippen LogP contribution in [0.5, 0.6) is 0 Å². The van der Waals surface area contributed by atoms with Crippen molar-refractivity contribution in [2.24, 2.45) is 0 Å². The zero-order valence-corrected chi connectivity index (χ0v) is 14.6. The number of benzene rings is 1. The minimum Gasteiger partial charge on any atom is -0.351 e. The van der Waals surface area contributed by atoms with Crippen LogP contribution in [0.3, 0.4) is 0 Å². The fourth-order valence-electron chi connectivity index (χ4n) is 2.03. The molecule has 1 heterocycles. The Kier molecular flexibility index (Phi) is 5.94. The van der Waals surface area contributed by atoms with Gasteiger partial charge in [-0.15, -0.1) is 11.3 Å². The summed E-state index contributed by atoms with van der Waals surface area (Å²) in [4.78, 5) is 19.5. The maximum Gasteiger partial charge on any atom is 0.263 e. The number of amides is 1. The Hall–Kier alpha value is -1.43. The second-order valence-electron chi connectivity index (χ2n) is 5.33. The van der Waals surface area contributed by atoms with E-state index in [9.17, 15) is 4.79 Å². The number of rotatable bonds is 6. The lowest BCUT2D eigenvalue weighted by molar-refractivity contribution is 0.0955. The van der Waals surface area contributed by atoms with Crippen LogP contribution in [0.1, 0.15) is 21.8 Å². The number of nitrogens with one attached hydrogen (secondary N) is 1. The third-order valence-corrected chi connectivity index (χ3v) is 4.69. The molecular formula is C16H20ClN3OS. The van der Waals surface area contributed by atoms with Gasteiger partial charge in [-0.2, -0.15) is 0 Å². The number of carbonyl (C=O) groups excluding carboxylic acids is 1. The first kappa shape index (κ1) is 16.9. The monoisotopic (exact) mass is 337 g/mol. The first-order chi connectivity index (χ1) is 10.5. The average molecular weight is 338 g/mol. The highest BCUT2D eigenvalue weighted by Gasteiger charge is 2.17. The van der Waals surface area contributed by atoms with Gasteiger partial charge in [0.05, 0.1) is 10.7 Å². The highest BCUT2D eigenvalue weighted by Crippen LogP contribution is 2.32. The molecule has 118 valence electrons. The Morgan fingerprint density at radius 1 is 1.36 bits per heavy atom. The summed E-state index contributed by atoms with van der Waals surface area (Å²) in [6.45, 7) is 3.47. The van der Waals surface area contributed by atoms with Crippen molar-refractivity contribution in [3.05, 3.63) is 39.9 Å². The van der Waals surface area contributed by atoms with Crippen LogP contribution in [-0.2, 0) is 0 Å². The maximum absolute atomic E-state index is 12.3. The van der Waals surface area contributed by atoms with Crippen molar-refractivity contribution >= 4 is 28.8 Å². The Balaban J connectivity index is 2.07. The predicted molar refractivity (Wildman–Crippen MR) is 92.8 cm³/mol. The number of hydrogen-bond acceptors (Lipinski definition) is 4. The smallest absolute Gasteiger partial charge is 0.263 e. The van der Waals surface area contributed by atoms with E-state index in [4.69, 9.17) is 11.6 Å². The lowest BCUT2D eigenvalue weighted by Gasteiger charge is -2.09. The van der Waals surface area contributed by atoms with Crippen molar-refractivity contribution in [3.63, 3.8) is 0 Å². The summed E-state index contributed by atoms with van der Waals surface area (Å²) in [6, 6.07) is 7.54. The molecule has 0 radical (unpaired) electrons. The number of hydrogen-bond donors (Lipinski definition) is 1. The zero-order valence-electron chi connectivity index (χ0n) is 13.0. The zero-order chi connectivity index (χ0) is 16.1. The quantitative estimate of drug-likeness (QED) is 0.821. The van der Waals surface area contributed by atoms with Gasteiger partial charge >= 0.3 is 0 Å². The first-order valence-electron chi connectivity index (χ1n) is 7.14. The number of thiazole rings is 1. The van der Waals surface area contributed by atoms with Crippen LogP contribution < -0.4 is 5.32 Å². The van der Waals surface area contributed by atoms with E-state index in [1.54, 1.807) is 0 Å². The lowest BCUT2D eigenvalue weighted by Crippen LogP contribution is -2.26. The number of carbonyl (C=O) groups is 1. The fourth-order valence-corrected chi connectivity index (χ4v) is 3.34. The minimum absolute atomic E-state index is 0.0629. The Bertz CT molecular complexity index is 655. The van der Waals surface area contributed by atoms with Crippen molar-refractivity contribution in [3.8, 4) is 10.6 Å². The highest BCUT2D eigenvalue weighted by atomic mass is 35.5. The van der Waals surface area contributed by atoms with Gasteiger partial charge in [-0.3, -0.25) is 4.79 Å². The standard InChI is InChI=1S/C16H20ClN3OS/c1-11-14(15(21)18-9-6-10-20(2)3)22-16(19-11)12-7-4-5-8-13(12)17/h4-5,7-8H,6,9-10H2,1-3H3,(H,18,21). The second kappa shape index (κ2) is 7.72. The van der Waals surface area contributed by atoms with E-state index >= 15 is 0 Å². The van der Waals surface area contributed by atoms with Crippen LogP contribution >= 0.6 is 22.9 Å². The maximum atomic E-state index is 12.3. The fraction of sp³-hybridized carbons (Fsp3) is 0.375. The summed E-state index contributed by atoms with van der Waals surface area (Å²) in [5.41, 5.74) is 1.61. The molecule has 1 amide bonds. The average Bonchev–Trinajstić information content (AvgIpc) is 2.85. The van der Waals surface area contributed by atoms with Crippen molar-refractivity contribution in [2.75, 3.05) is 27.2 Å². The summed E-state index contributed by atoms with van der Waals surface area (Å²) >= 11 is 7.57. The van der Waals surface area contributed by atoms with Crippen LogP contribution in [0.15, 0.2) is 24.3 Å². The van der Waals surface area contributed by atoms with Gasteiger partial charge in [-0.25, -0.2) is 4.98 Å². The molecule has 0 aliphatic heterocycles. The lowest BCUT2D eigenvalue weighted by atomic mass is 10.2. The predicted octanol–water partition coefficient (Wildman–Crippen LogP) is 3.45. The van der Waals surface area contributed by atoms with E-state index in [0.29, 0.717) is 16.4 Å². The molecule has 0 atom stereocenters. The molecule has 1 aromatic carbocycles. The molecule has 2 aromatic rings. The second-order valence-corrected chi connectivity index (χ2v) is 6.73. The van der Waals surface area contributed by atoms with Gasteiger partial charge in [-0.05, 0) is 40.1 Å². The molecule has 0 unspecified atom stereocenters. The number of halogens is 1. The molecule has 0 aliphatic rings. The normalized spacial score (nSPS) is 11.0. The van der Waals surface area contributed by atoms with Crippen molar-refractivity contribution in [1.29, 1.82) is 0 Å².